The van der Waals surface area contributed by atoms with E-state index in [2.05, 4.69) is 0 Å². The van der Waals surface area contributed by atoms with E-state index in [0.29, 0.717) is 5.69 Å². The molecule has 0 bridgehead atoms. The molecule has 3 rings (SSSR count). The van der Waals surface area contributed by atoms with Crippen molar-refractivity contribution in [3.05, 3.63) is 64.5 Å². The molecule has 0 aromatic heterocycles. The van der Waals surface area contributed by atoms with Crippen LogP contribution in [0.4, 0.5) is 32.4 Å². The van der Waals surface area contributed by atoms with Crippen LogP contribution in [0.3, 0.4) is 0 Å². The normalized spacial score (nSPS) is 13.9. The number of hydrogen-bond acceptors (Lipinski definition) is 3. The van der Waals surface area contributed by atoms with Crippen LogP contribution in [0.2, 0.25) is 0 Å². The van der Waals surface area contributed by atoms with Crippen molar-refractivity contribution in [2.75, 3.05) is 24.6 Å². The smallest absolute Gasteiger partial charge is 0.338 e. The largest absolute Gasteiger partial charge is 0.462 e. The first kappa shape index (κ1) is 20.6. The first-order valence-electron chi connectivity index (χ1n) is 8.60. The SMILES string of the molecule is CCOC(=O)c1ccc(N2CCN(Cc3c(F)c(F)c(F)c(F)c3F)C2=O)cc1. The van der Waals surface area contributed by atoms with Gasteiger partial charge in [-0.15, -0.1) is 0 Å². The number of carbonyl (C=O) groups excluding carboxylic acids is 2. The summed E-state index contributed by atoms with van der Waals surface area (Å²) in [5, 5.41) is 0. The van der Waals surface area contributed by atoms with Crippen LogP contribution in [0.5, 0.6) is 0 Å². The van der Waals surface area contributed by atoms with Crippen molar-refractivity contribution in [1.82, 2.24) is 4.90 Å². The standard InChI is InChI=1S/C19H15F5N2O3/c1-2-29-18(27)10-3-5-11(6-4-10)26-8-7-25(19(26)28)9-12-13(20)15(22)17(24)16(23)14(12)21/h3-6H,2,7-9H2,1H3. The lowest BCUT2D eigenvalue weighted by Gasteiger charge is -2.20. The number of amides is 2. The highest BCUT2D eigenvalue weighted by atomic mass is 19.2. The van der Waals surface area contributed by atoms with Gasteiger partial charge in [0.15, 0.2) is 23.3 Å². The monoisotopic (exact) mass is 414 g/mol. The molecule has 0 aliphatic carbocycles. The number of anilines is 1. The number of hydrogen-bond donors (Lipinski definition) is 0. The predicted octanol–water partition coefficient (Wildman–Crippen LogP) is 4.00. The Balaban J connectivity index is 1.78. The minimum absolute atomic E-state index is 0.0119. The van der Waals surface area contributed by atoms with Gasteiger partial charge in [0.1, 0.15) is 0 Å². The van der Waals surface area contributed by atoms with Gasteiger partial charge >= 0.3 is 12.0 Å². The number of esters is 1. The number of carbonyl (C=O) groups is 2. The van der Waals surface area contributed by atoms with Crippen LogP contribution in [0.25, 0.3) is 0 Å². The van der Waals surface area contributed by atoms with E-state index in [9.17, 15) is 31.5 Å². The van der Waals surface area contributed by atoms with Gasteiger partial charge in [0.25, 0.3) is 0 Å². The maximum atomic E-state index is 13.9. The Kier molecular flexibility index (Phi) is 5.71. The summed E-state index contributed by atoms with van der Waals surface area (Å²) in [6, 6.07) is 5.22. The highest BCUT2D eigenvalue weighted by Crippen LogP contribution is 2.27. The number of rotatable bonds is 5. The second kappa shape index (κ2) is 8.06. The number of benzene rings is 2. The van der Waals surface area contributed by atoms with E-state index in [0.717, 1.165) is 4.90 Å². The Hall–Kier alpha value is -3.17. The molecule has 1 fully saturated rings. The molecule has 10 heteroatoms. The third kappa shape index (κ3) is 3.74. The number of nitrogens with zero attached hydrogens (tertiary/aromatic N) is 2. The summed E-state index contributed by atoms with van der Waals surface area (Å²) in [5.74, 6) is -10.8. The van der Waals surface area contributed by atoms with E-state index in [1.165, 1.54) is 29.2 Å². The average molecular weight is 414 g/mol. The fraction of sp³-hybridized carbons (Fsp3) is 0.263. The van der Waals surface area contributed by atoms with E-state index in [-0.39, 0.29) is 25.3 Å². The highest BCUT2D eigenvalue weighted by molar-refractivity contribution is 5.95. The molecule has 1 aliphatic heterocycles. The summed E-state index contributed by atoms with van der Waals surface area (Å²) in [6.45, 7) is 1.24. The molecule has 0 radical (unpaired) electrons. The fourth-order valence-corrected chi connectivity index (χ4v) is 2.94. The second-order valence-electron chi connectivity index (χ2n) is 6.17. The van der Waals surface area contributed by atoms with Gasteiger partial charge < -0.3 is 9.64 Å². The lowest BCUT2D eigenvalue weighted by Crippen LogP contribution is -2.32. The molecule has 1 saturated heterocycles. The Bertz CT molecular complexity index is 936. The van der Waals surface area contributed by atoms with Crippen LogP contribution >= 0.6 is 0 Å². The Morgan fingerprint density at radius 3 is 2.03 bits per heavy atom. The summed E-state index contributed by atoms with van der Waals surface area (Å²) < 4.78 is 72.5. The van der Waals surface area contributed by atoms with Crippen molar-refractivity contribution in [3.63, 3.8) is 0 Å². The zero-order chi connectivity index (χ0) is 21.3. The Morgan fingerprint density at radius 2 is 1.48 bits per heavy atom. The summed E-state index contributed by atoms with van der Waals surface area (Å²) in [4.78, 5) is 26.4. The van der Waals surface area contributed by atoms with E-state index < -0.39 is 53.2 Å². The molecule has 1 heterocycles. The van der Waals surface area contributed by atoms with Crippen LogP contribution in [-0.4, -0.2) is 36.6 Å². The van der Waals surface area contributed by atoms with E-state index in [1.807, 2.05) is 0 Å². The molecule has 0 atom stereocenters. The average Bonchev–Trinajstić information content (AvgIpc) is 3.08. The quantitative estimate of drug-likeness (QED) is 0.322. The molecule has 1 aliphatic rings. The molecule has 0 saturated carbocycles. The molecule has 29 heavy (non-hydrogen) atoms. The minimum atomic E-state index is -2.25. The summed E-state index contributed by atoms with van der Waals surface area (Å²) in [6.07, 6.45) is 0. The van der Waals surface area contributed by atoms with Gasteiger partial charge in [-0.2, -0.15) is 0 Å². The third-order valence-electron chi connectivity index (χ3n) is 4.43. The molecular formula is C19H15F5N2O3. The minimum Gasteiger partial charge on any atom is -0.462 e. The lowest BCUT2D eigenvalue weighted by molar-refractivity contribution is 0.0526. The van der Waals surface area contributed by atoms with E-state index in [4.69, 9.17) is 4.74 Å². The number of urea groups is 1. The number of ether oxygens (including phenoxy) is 1. The van der Waals surface area contributed by atoms with Gasteiger partial charge in [-0.05, 0) is 31.2 Å². The van der Waals surface area contributed by atoms with Crippen molar-refractivity contribution >= 4 is 17.7 Å². The molecule has 0 spiro atoms. The first-order chi connectivity index (χ1) is 13.8. The molecular weight excluding hydrogens is 399 g/mol. The van der Waals surface area contributed by atoms with E-state index in [1.54, 1.807) is 6.92 Å². The summed E-state index contributed by atoms with van der Waals surface area (Å²) in [5.41, 5.74) is -0.391. The third-order valence-corrected chi connectivity index (χ3v) is 4.43. The van der Waals surface area contributed by atoms with Crippen molar-refractivity contribution < 1.29 is 36.3 Å². The molecule has 2 amide bonds. The maximum absolute atomic E-state index is 13.9. The zero-order valence-electron chi connectivity index (χ0n) is 15.1. The molecule has 5 nitrogen and oxygen atoms in total. The molecule has 2 aromatic rings. The topological polar surface area (TPSA) is 49.9 Å². The van der Waals surface area contributed by atoms with E-state index >= 15 is 0 Å². The molecule has 0 unspecified atom stereocenters. The summed E-state index contributed by atoms with van der Waals surface area (Å²) >= 11 is 0. The van der Waals surface area contributed by atoms with Crippen molar-refractivity contribution in [3.8, 4) is 0 Å². The van der Waals surface area contributed by atoms with Gasteiger partial charge in [0.05, 0.1) is 18.7 Å². The van der Waals surface area contributed by atoms with Crippen LogP contribution in [0, 0.1) is 29.1 Å². The van der Waals surface area contributed by atoms with Crippen molar-refractivity contribution in [2.24, 2.45) is 0 Å². The Morgan fingerprint density at radius 1 is 0.931 bits per heavy atom. The van der Waals surface area contributed by atoms with Gasteiger partial charge in [-0.25, -0.2) is 31.5 Å². The molecule has 154 valence electrons. The van der Waals surface area contributed by atoms with Crippen LogP contribution < -0.4 is 4.90 Å². The van der Waals surface area contributed by atoms with Gasteiger partial charge in [0, 0.05) is 24.3 Å². The highest BCUT2D eigenvalue weighted by Gasteiger charge is 2.33. The van der Waals surface area contributed by atoms with Crippen LogP contribution in [-0.2, 0) is 11.3 Å². The first-order valence-corrected chi connectivity index (χ1v) is 8.60. The summed E-state index contributed by atoms with van der Waals surface area (Å²) in [7, 11) is 0. The molecule has 0 N–H and O–H groups in total. The van der Waals surface area contributed by atoms with Crippen LogP contribution in [0.15, 0.2) is 24.3 Å². The van der Waals surface area contributed by atoms with Gasteiger partial charge in [-0.1, -0.05) is 0 Å². The van der Waals surface area contributed by atoms with Crippen molar-refractivity contribution in [1.29, 1.82) is 0 Å². The molecule has 2 aromatic carbocycles. The number of halogens is 5. The van der Waals surface area contributed by atoms with Crippen LogP contribution in [0.1, 0.15) is 22.8 Å². The predicted molar refractivity (Wildman–Crippen MR) is 91.8 cm³/mol. The maximum Gasteiger partial charge on any atom is 0.338 e. The zero-order valence-corrected chi connectivity index (χ0v) is 15.1. The van der Waals surface area contributed by atoms with Crippen molar-refractivity contribution in [2.45, 2.75) is 13.5 Å². The second-order valence-corrected chi connectivity index (χ2v) is 6.17. The Labute approximate surface area is 162 Å². The lowest BCUT2D eigenvalue weighted by atomic mass is 10.1. The van der Waals surface area contributed by atoms with Gasteiger partial charge in [0.2, 0.25) is 5.82 Å². The fourth-order valence-electron chi connectivity index (χ4n) is 2.94. The van der Waals surface area contributed by atoms with Gasteiger partial charge in [-0.3, -0.25) is 4.90 Å².